The highest BCUT2D eigenvalue weighted by molar-refractivity contribution is 7.09. The highest BCUT2D eigenvalue weighted by Gasteiger charge is 2.10. The standard InChI is InChI=1S/C16H18N2S/c1-12(10-16-4-3-9-19-16)18-13(2)15-7-5-14(11-17)6-8-15/h3-9,12-13,18H,10H2,1-2H3. The molecule has 19 heavy (non-hydrogen) atoms. The van der Waals surface area contributed by atoms with Crippen LogP contribution in [0.4, 0.5) is 0 Å². The Kier molecular flexibility index (Phi) is 4.73. The minimum absolute atomic E-state index is 0.294. The molecule has 2 unspecified atom stereocenters. The molecule has 2 rings (SSSR count). The molecule has 0 spiro atoms. The van der Waals surface area contributed by atoms with E-state index in [0.717, 1.165) is 6.42 Å². The fourth-order valence-electron chi connectivity index (χ4n) is 2.16. The normalized spacial score (nSPS) is 13.7. The molecule has 1 aromatic carbocycles. The van der Waals surface area contributed by atoms with E-state index in [1.165, 1.54) is 10.4 Å². The summed E-state index contributed by atoms with van der Waals surface area (Å²) in [6, 6.07) is 14.9. The van der Waals surface area contributed by atoms with Crippen LogP contribution in [-0.4, -0.2) is 6.04 Å². The van der Waals surface area contributed by atoms with E-state index in [0.29, 0.717) is 17.6 Å². The van der Waals surface area contributed by atoms with Crippen molar-refractivity contribution in [1.82, 2.24) is 5.32 Å². The third-order valence-corrected chi connectivity index (χ3v) is 4.06. The number of nitriles is 1. The van der Waals surface area contributed by atoms with Gasteiger partial charge in [0.2, 0.25) is 0 Å². The molecule has 0 radical (unpaired) electrons. The van der Waals surface area contributed by atoms with Crippen molar-refractivity contribution in [3.05, 3.63) is 57.8 Å². The highest BCUT2D eigenvalue weighted by Crippen LogP contribution is 2.16. The van der Waals surface area contributed by atoms with Crippen molar-refractivity contribution in [2.45, 2.75) is 32.4 Å². The smallest absolute Gasteiger partial charge is 0.0991 e. The van der Waals surface area contributed by atoms with Gasteiger partial charge in [-0.2, -0.15) is 5.26 Å². The lowest BCUT2D eigenvalue weighted by atomic mass is 10.0. The summed E-state index contributed by atoms with van der Waals surface area (Å²) in [6.07, 6.45) is 1.05. The molecular formula is C16H18N2S. The quantitative estimate of drug-likeness (QED) is 0.894. The van der Waals surface area contributed by atoms with Gasteiger partial charge in [0.05, 0.1) is 11.6 Å². The summed E-state index contributed by atoms with van der Waals surface area (Å²) in [7, 11) is 0. The minimum Gasteiger partial charge on any atom is -0.307 e. The van der Waals surface area contributed by atoms with Crippen LogP contribution in [0.3, 0.4) is 0 Å². The van der Waals surface area contributed by atoms with Crippen molar-refractivity contribution in [3.63, 3.8) is 0 Å². The van der Waals surface area contributed by atoms with Gasteiger partial charge in [-0.15, -0.1) is 11.3 Å². The van der Waals surface area contributed by atoms with Gasteiger partial charge in [-0.3, -0.25) is 0 Å². The second-order valence-corrected chi connectivity index (χ2v) is 5.84. The molecule has 0 saturated heterocycles. The third kappa shape index (κ3) is 3.92. The zero-order valence-corrected chi connectivity index (χ0v) is 12.1. The maximum absolute atomic E-state index is 8.79. The predicted octanol–water partition coefficient (Wildman–Crippen LogP) is 3.90. The van der Waals surface area contributed by atoms with Gasteiger partial charge in [-0.1, -0.05) is 18.2 Å². The van der Waals surface area contributed by atoms with E-state index in [4.69, 9.17) is 5.26 Å². The van der Waals surface area contributed by atoms with Crippen molar-refractivity contribution in [2.75, 3.05) is 0 Å². The van der Waals surface area contributed by atoms with Gasteiger partial charge in [0.1, 0.15) is 0 Å². The van der Waals surface area contributed by atoms with Gasteiger partial charge in [0, 0.05) is 17.0 Å². The number of rotatable bonds is 5. The molecule has 3 heteroatoms. The molecule has 0 aliphatic heterocycles. The molecule has 0 saturated carbocycles. The molecule has 98 valence electrons. The van der Waals surface area contributed by atoms with Crippen LogP contribution in [0.5, 0.6) is 0 Å². The maximum Gasteiger partial charge on any atom is 0.0991 e. The number of hydrogen-bond donors (Lipinski definition) is 1. The lowest BCUT2D eigenvalue weighted by Gasteiger charge is -2.20. The number of nitrogens with zero attached hydrogens (tertiary/aromatic N) is 1. The zero-order chi connectivity index (χ0) is 13.7. The summed E-state index contributed by atoms with van der Waals surface area (Å²) in [5.74, 6) is 0. The Labute approximate surface area is 118 Å². The van der Waals surface area contributed by atoms with Crippen molar-refractivity contribution >= 4 is 11.3 Å². The molecule has 0 amide bonds. The number of nitrogens with one attached hydrogen (secondary N) is 1. The predicted molar refractivity (Wildman–Crippen MR) is 80.2 cm³/mol. The molecule has 0 bridgehead atoms. The number of hydrogen-bond acceptors (Lipinski definition) is 3. The van der Waals surface area contributed by atoms with Crippen molar-refractivity contribution in [1.29, 1.82) is 5.26 Å². The highest BCUT2D eigenvalue weighted by atomic mass is 32.1. The van der Waals surface area contributed by atoms with Crippen LogP contribution < -0.4 is 5.32 Å². The second kappa shape index (κ2) is 6.51. The average Bonchev–Trinajstić information content (AvgIpc) is 2.91. The monoisotopic (exact) mass is 270 g/mol. The fraction of sp³-hybridized carbons (Fsp3) is 0.312. The number of thiophene rings is 1. The number of benzene rings is 1. The molecule has 2 aromatic rings. The summed E-state index contributed by atoms with van der Waals surface area (Å²) in [5, 5.41) is 14.5. The minimum atomic E-state index is 0.294. The van der Waals surface area contributed by atoms with Crippen LogP contribution in [0.1, 0.15) is 35.9 Å². The first kappa shape index (κ1) is 13.8. The lowest BCUT2D eigenvalue weighted by Crippen LogP contribution is -2.30. The van der Waals surface area contributed by atoms with Crippen LogP contribution in [0.25, 0.3) is 0 Å². The first-order valence-electron chi connectivity index (χ1n) is 6.47. The Hall–Kier alpha value is -1.63. The van der Waals surface area contributed by atoms with Gasteiger partial charge in [0.15, 0.2) is 0 Å². The summed E-state index contributed by atoms with van der Waals surface area (Å²) in [6.45, 7) is 4.37. The van der Waals surface area contributed by atoms with E-state index in [-0.39, 0.29) is 0 Å². The Balaban J connectivity index is 1.92. The van der Waals surface area contributed by atoms with Crippen molar-refractivity contribution in [3.8, 4) is 6.07 Å². The van der Waals surface area contributed by atoms with Gasteiger partial charge >= 0.3 is 0 Å². The molecule has 2 nitrogen and oxygen atoms in total. The van der Waals surface area contributed by atoms with Crippen LogP contribution in [-0.2, 0) is 6.42 Å². The Bertz CT molecular complexity index is 537. The van der Waals surface area contributed by atoms with E-state index >= 15 is 0 Å². The van der Waals surface area contributed by atoms with Gasteiger partial charge < -0.3 is 5.32 Å². The summed E-state index contributed by atoms with van der Waals surface area (Å²) >= 11 is 1.80. The van der Waals surface area contributed by atoms with Crippen LogP contribution in [0.2, 0.25) is 0 Å². The first-order chi connectivity index (χ1) is 9.19. The van der Waals surface area contributed by atoms with Crippen LogP contribution in [0, 0.1) is 11.3 Å². The largest absolute Gasteiger partial charge is 0.307 e. The molecular weight excluding hydrogens is 252 g/mol. The third-order valence-electron chi connectivity index (χ3n) is 3.16. The van der Waals surface area contributed by atoms with Gasteiger partial charge in [-0.05, 0) is 49.4 Å². The van der Waals surface area contributed by atoms with Gasteiger partial charge in [0.25, 0.3) is 0 Å². The Morgan fingerprint density at radius 3 is 2.53 bits per heavy atom. The van der Waals surface area contributed by atoms with E-state index in [1.807, 2.05) is 24.3 Å². The zero-order valence-electron chi connectivity index (χ0n) is 11.3. The molecule has 1 heterocycles. The molecule has 1 N–H and O–H groups in total. The van der Waals surface area contributed by atoms with Crippen LogP contribution >= 0.6 is 11.3 Å². The Morgan fingerprint density at radius 1 is 1.21 bits per heavy atom. The average molecular weight is 270 g/mol. The molecule has 0 aliphatic carbocycles. The maximum atomic E-state index is 8.79. The lowest BCUT2D eigenvalue weighted by molar-refractivity contribution is 0.479. The summed E-state index contributed by atoms with van der Waals surface area (Å²) < 4.78 is 0. The Morgan fingerprint density at radius 2 is 1.95 bits per heavy atom. The van der Waals surface area contributed by atoms with E-state index < -0.39 is 0 Å². The van der Waals surface area contributed by atoms with E-state index in [9.17, 15) is 0 Å². The van der Waals surface area contributed by atoms with E-state index in [1.54, 1.807) is 11.3 Å². The second-order valence-electron chi connectivity index (χ2n) is 4.81. The van der Waals surface area contributed by atoms with Gasteiger partial charge in [-0.25, -0.2) is 0 Å². The SMILES string of the molecule is CC(Cc1cccs1)NC(C)c1ccc(C#N)cc1. The van der Waals surface area contributed by atoms with E-state index in [2.05, 4.69) is 42.7 Å². The van der Waals surface area contributed by atoms with Crippen molar-refractivity contribution in [2.24, 2.45) is 0 Å². The summed E-state index contributed by atoms with van der Waals surface area (Å²) in [5.41, 5.74) is 1.93. The molecule has 1 aromatic heterocycles. The van der Waals surface area contributed by atoms with Crippen LogP contribution in [0.15, 0.2) is 41.8 Å². The van der Waals surface area contributed by atoms with Crippen molar-refractivity contribution < 1.29 is 0 Å². The topological polar surface area (TPSA) is 35.8 Å². The molecule has 0 fully saturated rings. The summed E-state index contributed by atoms with van der Waals surface area (Å²) in [4.78, 5) is 1.41. The fourth-order valence-corrected chi connectivity index (χ4v) is 2.99. The molecule has 0 aliphatic rings. The molecule has 2 atom stereocenters. The first-order valence-corrected chi connectivity index (χ1v) is 7.35.